The van der Waals surface area contributed by atoms with E-state index in [1.54, 1.807) is 119 Å². The van der Waals surface area contributed by atoms with Crippen LogP contribution in [0.4, 0.5) is 8.78 Å². The van der Waals surface area contributed by atoms with Crippen molar-refractivity contribution in [3.63, 3.8) is 0 Å². The van der Waals surface area contributed by atoms with Gasteiger partial charge in [-0.2, -0.15) is 0 Å². The zero-order valence-electron chi connectivity index (χ0n) is 69.4. The van der Waals surface area contributed by atoms with Crippen LogP contribution < -0.4 is 27.8 Å². The Morgan fingerprint density at radius 1 is 0.416 bits per heavy atom. The maximum Gasteiger partial charge on any atom is 0.261 e. The van der Waals surface area contributed by atoms with Gasteiger partial charge in [0, 0.05) is 120 Å². The Hall–Kier alpha value is -14.7. The van der Waals surface area contributed by atoms with Gasteiger partial charge in [-0.3, -0.25) is 46.5 Å². The van der Waals surface area contributed by atoms with Crippen molar-refractivity contribution in [2.75, 3.05) is 7.11 Å². The molecule has 0 spiro atoms. The first kappa shape index (κ1) is 83.9. The Morgan fingerprint density at radius 2 is 0.856 bits per heavy atom. The van der Waals surface area contributed by atoms with E-state index in [1.165, 1.54) is 41.7 Å². The number of ether oxygens (including phenoxy) is 1. The smallest absolute Gasteiger partial charge is 0.261 e. The zero-order chi connectivity index (χ0) is 86.3. The molecule has 1 saturated carbocycles. The number of hydrogen-bond acceptors (Lipinski definition) is 15. The number of aliphatic hydroxyl groups is 1. The molecule has 5 aromatic carbocycles. The highest BCUT2D eigenvalue weighted by Gasteiger charge is 2.35. The van der Waals surface area contributed by atoms with Crippen molar-refractivity contribution in [2.45, 2.75) is 153 Å². The summed E-state index contributed by atoms with van der Waals surface area (Å²) in [5.41, 5.74) is 14.4. The molecular weight excluding hydrogens is 1570 g/mol. The molecule has 10 aromatic heterocycles. The molecule has 2 unspecified atom stereocenters. The van der Waals surface area contributed by atoms with E-state index in [2.05, 4.69) is 84.1 Å². The number of fused-ring (bicyclic) bond motifs is 10. The van der Waals surface area contributed by atoms with E-state index < -0.39 is 6.10 Å². The van der Waals surface area contributed by atoms with E-state index in [4.69, 9.17) is 19.7 Å². The summed E-state index contributed by atoms with van der Waals surface area (Å²) < 4.78 is 40.1. The number of benzene rings is 5. The first-order chi connectivity index (χ1) is 61.0. The lowest BCUT2D eigenvalue weighted by Gasteiger charge is -2.38. The number of nitrogens with zero attached hydrogens (tertiary/aromatic N) is 13. The fourth-order valence-electron chi connectivity index (χ4n) is 16.2. The van der Waals surface area contributed by atoms with Gasteiger partial charge in [0.15, 0.2) is 0 Å². The molecule has 620 valence electrons. The van der Waals surface area contributed by atoms with Crippen LogP contribution in [0.25, 0.3) is 44.0 Å². The summed E-state index contributed by atoms with van der Waals surface area (Å²) in [6, 6.07) is 53.2. The van der Waals surface area contributed by atoms with E-state index in [0.717, 1.165) is 151 Å². The fraction of sp³-hybridized carbons (Fsp3) is 0.252. The van der Waals surface area contributed by atoms with E-state index in [9.17, 15) is 37.9 Å². The molecule has 0 amide bonds. The van der Waals surface area contributed by atoms with Gasteiger partial charge in [-0.25, -0.2) is 48.7 Å². The summed E-state index contributed by atoms with van der Waals surface area (Å²) in [4.78, 5) is 99.8. The third-order valence-electron chi connectivity index (χ3n) is 22.9. The van der Waals surface area contributed by atoms with Crippen LogP contribution in [0, 0.1) is 70.8 Å². The average Bonchev–Trinajstić information content (AvgIpc) is 0.912. The van der Waals surface area contributed by atoms with Gasteiger partial charge >= 0.3 is 0 Å². The minimum Gasteiger partial charge on any atom is -0.393 e. The van der Waals surface area contributed by atoms with Crippen LogP contribution in [0.5, 0.6) is 0 Å². The van der Waals surface area contributed by atoms with E-state index >= 15 is 0 Å². The van der Waals surface area contributed by atoms with Gasteiger partial charge in [0.25, 0.3) is 27.8 Å². The van der Waals surface area contributed by atoms with Crippen molar-refractivity contribution in [2.24, 2.45) is 7.05 Å². The van der Waals surface area contributed by atoms with Crippen molar-refractivity contribution < 1.29 is 18.6 Å². The lowest BCUT2D eigenvalue weighted by molar-refractivity contribution is 0.108. The molecule has 21 rings (SSSR count). The van der Waals surface area contributed by atoms with Gasteiger partial charge in [-0.1, -0.05) is 91.0 Å². The van der Waals surface area contributed by atoms with Gasteiger partial charge in [0.2, 0.25) is 0 Å². The number of aryl methyl sites for hydroxylation is 3. The Labute approximate surface area is 719 Å². The highest BCUT2D eigenvalue weighted by atomic mass is 19.1. The van der Waals surface area contributed by atoms with E-state index in [1.807, 2.05) is 109 Å². The molecule has 1 fully saturated rings. The zero-order valence-corrected chi connectivity index (χ0v) is 69.4. The lowest BCUT2D eigenvalue weighted by Crippen LogP contribution is -2.38. The van der Waals surface area contributed by atoms with Crippen LogP contribution in [-0.2, 0) is 50.4 Å². The highest BCUT2D eigenvalue weighted by Crippen LogP contribution is 2.43. The number of aliphatic hydroxyl groups excluding tert-OH is 1. The number of hydrogen-bond donors (Lipinski definition) is 1. The first-order valence-corrected chi connectivity index (χ1v) is 42.2. The molecule has 15 aromatic rings. The molecule has 3 aliphatic carbocycles. The molecule has 22 heteroatoms. The second kappa shape index (κ2) is 39.0. The van der Waals surface area contributed by atoms with Crippen LogP contribution >= 0.6 is 0 Å². The number of halogens is 2. The molecular formula is C103H87F2N13O7. The van der Waals surface area contributed by atoms with Crippen LogP contribution in [-0.4, -0.2) is 80.7 Å². The summed E-state index contributed by atoms with van der Waals surface area (Å²) in [5, 5.41) is 11.6. The summed E-state index contributed by atoms with van der Waals surface area (Å²) in [5.74, 6) is 32.3. The normalized spacial score (nSPS) is 15.4. The summed E-state index contributed by atoms with van der Waals surface area (Å²) in [6.45, 7) is 2.32. The predicted molar refractivity (Wildman–Crippen MR) is 479 cm³/mol. The van der Waals surface area contributed by atoms with Gasteiger partial charge in [-0.15, -0.1) is 0 Å². The van der Waals surface area contributed by atoms with Gasteiger partial charge in [-0.05, 0) is 266 Å². The van der Waals surface area contributed by atoms with Crippen molar-refractivity contribution in [1.29, 1.82) is 0 Å². The van der Waals surface area contributed by atoms with Crippen molar-refractivity contribution in [3.8, 4) is 59.2 Å². The third-order valence-corrected chi connectivity index (χ3v) is 22.9. The van der Waals surface area contributed by atoms with E-state index in [-0.39, 0.29) is 45.5 Å². The van der Waals surface area contributed by atoms with Crippen LogP contribution in [0.15, 0.2) is 237 Å². The van der Waals surface area contributed by atoms with Crippen molar-refractivity contribution in [1.82, 2.24) is 62.4 Å². The maximum atomic E-state index is 13.2. The molecule has 3 aliphatic heterocycles. The molecule has 125 heavy (non-hydrogen) atoms. The monoisotopic (exact) mass is 1660 g/mol. The standard InChI is InChI=1S/C21H17FN2O2.C21H17N3O.C21H19N3O.C20H17FN2O2.C20H17N3O/c22-16-3-1-2-14(12-16)4-5-15-6-8-18-19(13-15)23-20-9-7-17(25)10-11-24(20)21(18)26;25-21-18-11-5-14(4-8-16-3-1-2-12-22-16)13-19(18)23-20-15-6-9-17(10-7-15)24(20)21;25-21-18-8-3-1-2-4-9-19(18)23-20-15-16(12-14-24(20)21)10-11-17-7-5-6-13-22-17;1-13(25-3)19-22-18-12-15(9-10-17(18)20(24)23(19)2)8-7-14-5-4-6-16(21)11-14;24-20-17-7-2-1-3-8-18(17)22-19-14-15(11-13-23(19)20)9-10-16-6-4-5-12-21-16/h1-3,6,8,12-13,17,25H,7,9-11H2;1-3,5,11-13,15,17H,6-7,9-10H2;5-7,12-15H,1-4,8-9H2;4-6,9-13H,1-3H3;4-6,11-14H,1-3,7-8H2. The minimum atomic E-state index is -0.396. The predicted octanol–water partition coefficient (Wildman–Crippen LogP) is 15.1. The van der Waals surface area contributed by atoms with Gasteiger partial charge < -0.3 is 9.84 Å². The summed E-state index contributed by atoms with van der Waals surface area (Å²) in [6.07, 6.45) is 25.7. The van der Waals surface area contributed by atoms with Crippen LogP contribution in [0.1, 0.15) is 204 Å². The quantitative estimate of drug-likeness (QED) is 0.125. The number of aromatic nitrogens is 13. The Kier molecular flexibility index (Phi) is 26.2. The molecule has 0 radical (unpaired) electrons. The SMILES string of the molecule is COC(C)c1nc2cc(C#Cc3cccc(F)c3)ccc2c(=O)n1C.O=c1c2c(nc3cc(C#Cc4ccccn4)ccn13)CCCCC2.O=c1c2c(nc3cc(C#Cc4ccccn4)ccn13)CCCCCC2.O=c1c2ccc(C#Cc3cccc(F)c3)cc2nc2n1CCC(O)CC2.O=c1c2ccc(C#Cc3ccccn3)cc2nc2n1C1CCC2CC1. The topological polar surface area (TPSA) is 242 Å². The number of rotatable bonds is 2. The number of pyridine rings is 5. The fourth-order valence-corrected chi connectivity index (χ4v) is 16.2. The molecule has 20 nitrogen and oxygen atoms in total. The summed E-state index contributed by atoms with van der Waals surface area (Å²) >= 11 is 0. The third kappa shape index (κ3) is 20.1. The van der Waals surface area contributed by atoms with Gasteiger partial charge in [0.1, 0.15) is 63.6 Å². The Morgan fingerprint density at radius 3 is 1.34 bits per heavy atom. The molecule has 0 saturated heterocycles. The van der Waals surface area contributed by atoms with E-state index in [0.29, 0.717) is 110 Å². The molecule has 2 bridgehead atoms. The molecule has 1 N–H and O–H groups in total. The lowest BCUT2D eigenvalue weighted by atomic mass is 9.81. The average molecular weight is 1660 g/mol. The van der Waals surface area contributed by atoms with Gasteiger partial charge in [0.05, 0.1) is 50.2 Å². The van der Waals surface area contributed by atoms with Crippen LogP contribution in [0.2, 0.25) is 0 Å². The Bertz CT molecular complexity index is 7310. The molecule has 13 heterocycles. The first-order valence-electron chi connectivity index (χ1n) is 42.2. The minimum absolute atomic E-state index is 0.0705. The molecule has 6 aliphatic rings. The number of methoxy groups -OCH3 is 1. The summed E-state index contributed by atoms with van der Waals surface area (Å²) in [7, 11) is 3.25. The second-order valence-electron chi connectivity index (χ2n) is 31.4. The molecule has 2 atom stereocenters. The van der Waals surface area contributed by atoms with Crippen LogP contribution in [0.3, 0.4) is 0 Å². The Balaban J connectivity index is 0.000000115. The van der Waals surface area contributed by atoms with Crippen molar-refractivity contribution in [3.05, 3.63) is 372 Å². The largest absolute Gasteiger partial charge is 0.393 e. The highest BCUT2D eigenvalue weighted by molar-refractivity contribution is 5.81. The van der Waals surface area contributed by atoms with Crippen molar-refractivity contribution >= 4 is 44.0 Å². The maximum absolute atomic E-state index is 13.2. The second-order valence-corrected chi connectivity index (χ2v) is 31.4.